The van der Waals surface area contributed by atoms with Gasteiger partial charge in [0.2, 0.25) is 0 Å². The Morgan fingerprint density at radius 2 is 0.750 bits per heavy atom. The molecule has 8 heteroatoms. The van der Waals surface area contributed by atoms with E-state index in [9.17, 15) is 20.4 Å². The molecule has 8 nitrogen and oxygen atoms in total. The highest BCUT2D eigenvalue weighted by atomic mass is 16.4. The van der Waals surface area contributed by atoms with E-state index in [1.54, 1.807) is 0 Å². The molecule has 0 unspecified atom stereocenters. The Hall–Kier alpha value is -0.320. The Balaban J connectivity index is 4.41. The van der Waals surface area contributed by atoms with Gasteiger partial charge in [-0.3, -0.25) is 0 Å². The number of hydrogen-bond acceptors (Lipinski definition) is 8. The molecule has 0 saturated carbocycles. The second-order valence-corrected chi connectivity index (χ2v) is 3.46. The monoisotopic (exact) mass is 242 g/mol. The van der Waals surface area contributed by atoms with Gasteiger partial charge in [-0.05, 0) is 0 Å². The first-order valence-corrected chi connectivity index (χ1v) is 4.66. The molecule has 0 fully saturated rings. The molecule has 0 saturated heterocycles. The Kier molecular flexibility index (Phi) is 6.95. The first-order valence-electron chi connectivity index (χ1n) is 4.66. The molecule has 0 heterocycles. The summed E-state index contributed by atoms with van der Waals surface area (Å²) in [4.78, 5) is 0. The summed E-state index contributed by atoms with van der Waals surface area (Å²) in [5.41, 5.74) is 0. The van der Waals surface area contributed by atoms with Crippen molar-refractivity contribution in [3.05, 3.63) is 0 Å². The maximum Gasteiger partial charge on any atom is 0.111 e. The van der Waals surface area contributed by atoms with Crippen LogP contribution in [0, 0.1) is 0 Å². The Bertz CT molecular complexity index is 169. The zero-order valence-electron chi connectivity index (χ0n) is 8.46. The van der Waals surface area contributed by atoms with Crippen molar-refractivity contribution in [1.82, 2.24) is 0 Å². The van der Waals surface area contributed by atoms with Crippen LogP contribution in [-0.2, 0) is 0 Å². The first kappa shape index (κ1) is 15.7. The van der Waals surface area contributed by atoms with E-state index in [1.807, 2.05) is 0 Å². The van der Waals surface area contributed by atoms with Gasteiger partial charge in [-0.1, -0.05) is 0 Å². The van der Waals surface area contributed by atoms with E-state index < -0.39 is 49.8 Å². The van der Waals surface area contributed by atoms with Gasteiger partial charge in [0, 0.05) is 0 Å². The zero-order valence-corrected chi connectivity index (χ0v) is 8.46. The summed E-state index contributed by atoms with van der Waals surface area (Å²) < 4.78 is 0. The highest BCUT2D eigenvalue weighted by molar-refractivity contribution is 4.87. The maximum atomic E-state index is 9.28. The Morgan fingerprint density at radius 1 is 0.500 bits per heavy atom. The van der Waals surface area contributed by atoms with Crippen molar-refractivity contribution < 1.29 is 40.9 Å². The molecule has 0 bridgehead atoms. The summed E-state index contributed by atoms with van der Waals surface area (Å²) in [6, 6.07) is 0. The lowest BCUT2D eigenvalue weighted by Gasteiger charge is -2.29. The molecule has 0 aromatic heterocycles. The lowest BCUT2D eigenvalue weighted by atomic mass is 9.97. The molecule has 0 spiro atoms. The lowest BCUT2D eigenvalue weighted by molar-refractivity contribution is -0.161. The topological polar surface area (TPSA) is 162 Å². The maximum absolute atomic E-state index is 9.28. The standard InChI is InChI=1S/C8H18O8/c9-1-3(11)5(13)7(15)8(16)6(14)4(12)2-10/h3-16H,1-2H2/t3-,4-,5-,6-,7-,8+/m1/s1. The predicted molar refractivity (Wildman–Crippen MR) is 50.2 cm³/mol. The summed E-state index contributed by atoms with van der Waals surface area (Å²) in [6.45, 7) is -1.69. The molecule has 0 radical (unpaired) electrons. The third-order valence-electron chi connectivity index (χ3n) is 2.21. The third kappa shape index (κ3) is 3.92. The first-order chi connectivity index (χ1) is 7.36. The molecule has 0 amide bonds. The molecule has 16 heavy (non-hydrogen) atoms. The smallest absolute Gasteiger partial charge is 0.111 e. The van der Waals surface area contributed by atoms with Gasteiger partial charge in [-0.15, -0.1) is 0 Å². The van der Waals surface area contributed by atoms with Gasteiger partial charge in [0.15, 0.2) is 0 Å². The van der Waals surface area contributed by atoms with Crippen molar-refractivity contribution in [2.24, 2.45) is 0 Å². The van der Waals surface area contributed by atoms with E-state index in [0.29, 0.717) is 0 Å². The molecule has 0 aromatic rings. The van der Waals surface area contributed by atoms with Gasteiger partial charge in [-0.2, -0.15) is 0 Å². The van der Waals surface area contributed by atoms with Crippen LogP contribution >= 0.6 is 0 Å². The van der Waals surface area contributed by atoms with Crippen molar-refractivity contribution in [3.8, 4) is 0 Å². The van der Waals surface area contributed by atoms with E-state index in [4.69, 9.17) is 20.4 Å². The van der Waals surface area contributed by atoms with Gasteiger partial charge in [0.05, 0.1) is 13.2 Å². The molecule has 0 aliphatic carbocycles. The normalized spacial score (nSPS) is 23.2. The minimum absolute atomic E-state index is 0.844. The zero-order chi connectivity index (χ0) is 12.9. The van der Waals surface area contributed by atoms with Crippen molar-refractivity contribution in [2.45, 2.75) is 36.6 Å². The summed E-state index contributed by atoms with van der Waals surface area (Å²) in [6.07, 6.45) is -11.1. The largest absolute Gasteiger partial charge is 0.394 e. The third-order valence-corrected chi connectivity index (χ3v) is 2.21. The van der Waals surface area contributed by atoms with Crippen LogP contribution in [0.3, 0.4) is 0 Å². The Morgan fingerprint density at radius 3 is 0.938 bits per heavy atom. The fourth-order valence-electron chi connectivity index (χ4n) is 1.08. The van der Waals surface area contributed by atoms with Crippen molar-refractivity contribution >= 4 is 0 Å². The van der Waals surface area contributed by atoms with Crippen molar-refractivity contribution in [1.29, 1.82) is 0 Å². The van der Waals surface area contributed by atoms with E-state index >= 15 is 0 Å². The average molecular weight is 242 g/mol. The Labute approximate surface area is 91.6 Å². The van der Waals surface area contributed by atoms with Crippen molar-refractivity contribution in [3.63, 3.8) is 0 Å². The van der Waals surface area contributed by atoms with Crippen LogP contribution in [-0.4, -0.2) is 90.7 Å². The summed E-state index contributed by atoms with van der Waals surface area (Å²) in [5, 5.41) is 71.8. The van der Waals surface area contributed by atoms with E-state index in [0.717, 1.165) is 0 Å². The minimum atomic E-state index is -1.97. The number of hydrogen-bond donors (Lipinski definition) is 8. The fraction of sp³-hybridized carbons (Fsp3) is 1.00. The average Bonchev–Trinajstić information content (AvgIpc) is 2.32. The van der Waals surface area contributed by atoms with Gasteiger partial charge in [0.1, 0.15) is 36.6 Å². The van der Waals surface area contributed by atoms with Crippen LogP contribution in [0.1, 0.15) is 0 Å². The second kappa shape index (κ2) is 7.09. The number of aliphatic hydroxyl groups is 8. The van der Waals surface area contributed by atoms with Gasteiger partial charge in [0.25, 0.3) is 0 Å². The summed E-state index contributed by atoms with van der Waals surface area (Å²) >= 11 is 0. The molecule has 0 aliphatic heterocycles. The van der Waals surface area contributed by atoms with Crippen LogP contribution in [0.4, 0.5) is 0 Å². The molecular weight excluding hydrogens is 224 g/mol. The molecule has 0 aromatic carbocycles. The van der Waals surface area contributed by atoms with Crippen molar-refractivity contribution in [2.75, 3.05) is 13.2 Å². The summed E-state index contributed by atoms with van der Waals surface area (Å²) in [7, 11) is 0. The van der Waals surface area contributed by atoms with E-state index in [-0.39, 0.29) is 0 Å². The summed E-state index contributed by atoms with van der Waals surface area (Å²) in [5.74, 6) is 0. The molecule has 98 valence electrons. The lowest BCUT2D eigenvalue weighted by Crippen LogP contribution is -2.53. The van der Waals surface area contributed by atoms with Crippen LogP contribution in [0.25, 0.3) is 0 Å². The minimum Gasteiger partial charge on any atom is -0.394 e. The molecular formula is C8H18O8. The van der Waals surface area contributed by atoms with Crippen LogP contribution in [0.2, 0.25) is 0 Å². The number of aliphatic hydroxyl groups excluding tert-OH is 8. The predicted octanol–water partition coefficient (Wildman–Crippen LogP) is -4.86. The van der Waals surface area contributed by atoms with E-state index in [1.165, 1.54) is 0 Å². The second-order valence-electron chi connectivity index (χ2n) is 3.46. The van der Waals surface area contributed by atoms with Crippen LogP contribution in [0.5, 0.6) is 0 Å². The highest BCUT2D eigenvalue weighted by Crippen LogP contribution is 2.10. The highest BCUT2D eigenvalue weighted by Gasteiger charge is 2.36. The molecule has 0 rings (SSSR count). The fourth-order valence-corrected chi connectivity index (χ4v) is 1.08. The quantitative estimate of drug-likeness (QED) is 0.220. The molecule has 8 N–H and O–H groups in total. The van der Waals surface area contributed by atoms with Gasteiger partial charge < -0.3 is 40.9 Å². The van der Waals surface area contributed by atoms with E-state index in [2.05, 4.69) is 0 Å². The number of rotatable bonds is 7. The molecule has 0 aliphatic rings. The van der Waals surface area contributed by atoms with Crippen LogP contribution < -0.4 is 0 Å². The van der Waals surface area contributed by atoms with Gasteiger partial charge >= 0.3 is 0 Å². The van der Waals surface area contributed by atoms with Gasteiger partial charge in [-0.25, -0.2) is 0 Å². The van der Waals surface area contributed by atoms with Crippen LogP contribution in [0.15, 0.2) is 0 Å². The SMILES string of the molecule is OC[C@@H](O)[C@@H](O)[C@H](O)[C@H](O)[C@H](O)[C@H](O)CO. The molecule has 6 atom stereocenters.